The van der Waals surface area contributed by atoms with Crippen LogP contribution in [0.15, 0.2) is 18.2 Å². The van der Waals surface area contributed by atoms with Gasteiger partial charge in [0.15, 0.2) is 0 Å². The monoisotopic (exact) mass is 248 g/mol. The summed E-state index contributed by atoms with van der Waals surface area (Å²) in [5.74, 6) is 1.20. The second-order valence-electron chi connectivity index (χ2n) is 4.77. The number of aldehydes is 1. The van der Waals surface area contributed by atoms with Gasteiger partial charge in [-0.25, -0.2) is 0 Å². The van der Waals surface area contributed by atoms with Gasteiger partial charge >= 0.3 is 0 Å². The van der Waals surface area contributed by atoms with Gasteiger partial charge in [0.2, 0.25) is 0 Å². The summed E-state index contributed by atoms with van der Waals surface area (Å²) >= 11 is 0. The van der Waals surface area contributed by atoms with Crippen molar-refractivity contribution in [1.29, 1.82) is 0 Å². The van der Waals surface area contributed by atoms with E-state index in [2.05, 4.69) is 11.0 Å². The summed E-state index contributed by atoms with van der Waals surface area (Å²) in [5, 5.41) is 0. The lowest BCUT2D eigenvalue weighted by Gasteiger charge is -2.31. The van der Waals surface area contributed by atoms with Crippen LogP contribution in [-0.4, -0.2) is 37.9 Å². The maximum Gasteiger partial charge on any atom is 0.142 e. The molecule has 0 aliphatic carbocycles. The van der Waals surface area contributed by atoms with Crippen LogP contribution in [0.1, 0.15) is 24.3 Å². The van der Waals surface area contributed by atoms with E-state index in [0.29, 0.717) is 18.2 Å². The molecule has 1 aliphatic heterocycles. The van der Waals surface area contributed by atoms with E-state index in [9.17, 15) is 4.79 Å². The Hall–Kier alpha value is -1.55. The van der Waals surface area contributed by atoms with Crippen molar-refractivity contribution < 1.29 is 9.53 Å². The van der Waals surface area contributed by atoms with Crippen molar-refractivity contribution in [2.75, 3.05) is 32.5 Å². The third kappa shape index (κ3) is 2.82. The lowest BCUT2D eigenvalue weighted by molar-refractivity contribution is -0.109. The molecule has 1 fully saturated rings. The summed E-state index contributed by atoms with van der Waals surface area (Å²) in [6, 6.07) is 5.98. The Morgan fingerprint density at radius 3 is 3.11 bits per heavy atom. The molecular formula is C14H20N2O2. The van der Waals surface area contributed by atoms with Gasteiger partial charge < -0.3 is 15.3 Å². The SMILES string of the molecule is COc1cc(C2CCCN(CC=O)C2)ccc1N. The summed E-state index contributed by atoms with van der Waals surface area (Å²) in [5.41, 5.74) is 7.74. The Labute approximate surface area is 108 Å². The molecular weight excluding hydrogens is 228 g/mol. The minimum atomic E-state index is 0.466. The molecule has 1 aromatic carbocycles. The smallest absolute Gasteiger partial charge is 0.142 e. The molecule has 1 atom stereocenters. The first-order valence-corrected chi connectivity index (χ1v) is 6.34. The van der Waals surface area contributed by atoms with Gasteiger partial charge in [-0.1, -0.05) is 6.07 Å². The number of methoxy groups -OCH3 is 1. The lowest BCUT2D eigenvalue weighted by Crippen LogP contribution is -2.35. The quantitative estimate of drug-likeness (QED) is 0.650. The minimum absolute atomic E-state index is 0.466. The number of benzene rings is 1. The van der Waals surface area contributed by atoms with E-state index >= 15 is 0 Å². The molecule has 0 radical (unpaired) electrons. The number of hydrogen-bond acceptors (Lipinski definition) is 4. The van der Waals surface area contributed by atoms with Crippen molar-refractivity contribution in [1.82, 2.24) is 4.90 Å². The molecule has 0 aromatic heterocycles. The molecule has 1 unspecified atom stereocenters. The van der Waals surface area contributed by atoms with Crippen molar-refractivity contribution >= 4 is 12.0 Å². The van der Waals surface area contributed by atoms with Gasteiger partial charge in [-0.2, -0.15) is 0 Å². The Morgan fingerprint density at radius 1 is 1.56 bits per heavy atom. The summed E-state index contributed by atoms with van der Waals surface area (Å²) in [4.78, 5) is 12.8. The van der Waals surface area contributed by atoms with Crippen LogP contribution in [0.2, 0.25) is 0 Å². The maximum absolute atomic E-state index is 10.6. The minimum Gasteiger partial charge on any atom is -0.495 e. The summed E-state index contributed by atoms with van der Waals surface area (Å²) < 4.78 is 5.26. The molecule has 1 aromatic rings. The van der Waals surface area contributed by atoms with E-state index in [0.717, 1.165) is 38.0 Å². The van der Waals surface area contributed by atoms with Gasteiger partial charge in [-0.3, -0.25) is 4.90 Å². The zero-order valence-electron chi connectivity index (χ0n) is 10.8. The summed E-state index contributed by atoms with van der Waals surface area (Å²) in [6.07, 6.45) is 3.26. The predicted octanol–water partition coefficient (Wildman–Crippen LogP) is 1.66. The average molecular weight is 248 g/mol. The van der Waals surface area contributed by atoms with Crippen molar-refractivity contribution in [2.24, 2.45) is 0 Å². The number of anilines is 1. The number of likely N-dealkylation sites (tertiary alicyclic amines) is 1. The fourth-order valence-electron chi connectivity index (χ4n) is 2.58. The van der Waals surface area contributed by atoms with Crippen molar-refractivity contribution in [3.8, 4) is 5.75 Å². The third-order valence-corrected chi connectivity index (χ3v) is 3.57. The molecule has 98 valence electrons. The van der Waals surface area contributed by atoms with Gasteiger partial charge in [0.05, 0.1) is 19.3 Å². The van der Waals surface area contributed by atoms with Gasteiger partial charge in [0.1, 0.15) is 12.0 Å². The zero-order chi connectivity index (χ0) is 13.0. The Bertz CT molecular complexity index is 420. The maximum atomic E-state index is 10.6. The van der Waals surface area contributed by atoms with E-state index in [1.54, 1.807) is 7.11 Å². The van der Waals surface area contributed by atoms with Gasteiger partial charge in [-0.15, -0.1) is 0 Å². The fraction of sp³-hybridized carbons (Fsp3) is 0.500. The molecule has 0 spiro atoms. The molecule has 1 heterocycles. The van der Waals surface area contributed by atoms with Crippen molar-refractivity contribution in [3.05, 3.63) is 23.8 Å². The number of nitrogens with two attached hydrogens (primary N) is 1. The normalized spacial score (nSPS) is 20.6. The van der Waals surface area contributed by atoms with Crippen molar-refractivity contribution in [3.63, 3.8) is 0 Å². The predicted molar refractivity (Wildman–Crippen MR) is 71.9 cm³/mol. The number of ether oxygens (including phenoxy) is 1. The highest BCUT2D eigenvalue weighted by molar-refractivity contribution is 5.54. The van der Waals surface area contributed by atoms with Crippen LogP contribution in [0, 0.1) is 0 Å². The molecule has 4 heteroatoms. The van der Waals surface area contributed by atoms with Crippen molar-refractivity contribution in [2.45, 2.75) is 18.8 Å². The third-order valence-electron chi connectivity index (χ3n) is 3.57. The number of nitrogen functional groups attached to an aromatic ring is 1. The summed E-state index contributed by atoms with van der Waals surface area (Å²) in [7, 11) is 1.63. The first-order chi connectivity index (χ1) is 8.74. The second kappa shape index (κ2) is 5.87. The van der Waals surface area contributed by atoms with Crippen LogP contribution in [-0.2, 0) is 4.79 Å². The summed E-state index contributed by atoms with van der Waals surface area (Å²) in [6.45, 7) is 2.48. The van der Waals surface area contributed by atoms with Crippen LogP contribution < -0.4 is 10.5 Å². The topological polar surface area (TPSA) is 55.6 Å². The molecule has 1 saturated heterocycles. The molecule has 4 nitrogen and oxygen atoms in total. The van der Waals surface area contributed by atoms with Crippen LogP contribution >= 0.6 is 0 Å². The highest BCUT2D eigenvalue weighted by atomic mass is 16.5. The first kappa shape index (κ1) is 12.9. The van der Waals surface area contributed by atoms with Crippen LogP contribution in [0.25, 0.3) is 0 Å². The van der Waals surface area contributed by atoms with E-state index in [1.807, 2.05) is 12.1 Å². The van der Waals surface area contributed by atoms with Gasteiger partial charge in [0.25, 0.3) is 0 Å². The highest BCUT2D eigenvalue weighted by Crippen LogP contribution is 2.31. The lowest BCUT2D eigenvalue weighted by atomic mass is 9.90. The van der Waals surface area contributed by atoms with E-state index in [1.165, 1.54) is 5.56 Å². The number of carbonyl (C=O) groups is 1. The fourth-order valence-corrected chi connectivity index (χ4v) is 2.58. The molecule has 1 aliphatic rings. The van der Waals surface area contributed by atoms with E-state index in [-0.39, 0.29) is 0 Å². The molecule has 2 rings (SSSR count). The van der Waals surface area contributed by atoms with Gasteiger partial charge in [0, 0.05) is 6.54 Å². The van der Waals surface area contributed by atoms with Gasteiger partial charge in [-0.05, 0) is 43.0 Å². The number of rotatable bonds is 4. The van der Waals surface area contributed by atoms with E-state index in [4.69, 9.17) is 10.5 Å². The number of nitrogens with zero attached hydrogens (tertiary/aromatic N) is 1. The van der Waals surface area contributed by atoms with Crippen LogP contribution in [0.3, 0.4) is 0 Å². The van der Waals surface area contributed by atoms with Crippen LogP contribution in [0.5, 0.6) is 5.75 Å². The average Bonchev–Trinajstić information content (AvgIpc) is 2.40. The number of carbonyl (C=O) groups excluding carboxylic acids is 1. The largest absolute Gasteiger partial charge is 0.495 e. The van der Waals surface area contributed by atoms with Crippen LogP contribution in [0.4, 0.5) is 5.69 Å². The molecule has 0 amide bonds. The zero-order valence-corrected chi connectivity index (χ0v) is 10.8. The molecule has 2 N–H and O–H groups in total. The Balaban J connectivity index is 2.12. The second-order valence-corrected chi connectivity index (χ2v) is 4.77. The Morgan fingerprint density at radius 2 is 2.39 bits per heavy atom. The number of hydrogen-bond donors (Lipinski definition) is 1. The number of piperidine rings is 1. The molecule has 18 heavy (non-hydrogen) atoms. The first-order valence-electron chi connectivity index (χ1n) is 6.34. The highest BCUT2D eigenvalue weighted by Gasteiger charge is 2.21. The Kier molecular flexibility index (Phi) is 4.20. The standard InChI is InChI=1S/C14H20N2O2/c1-18-14-9-11(4-5-13(14)15)12-3-2-6-16(10-12)7-8-17/h4-5,8-9,12H,2-3,6-7,10,15H2,1H3. The molecule has 0 saturated carbocycles. The molecule has 0 bridgehead atoms. The van der Waals surface area contributed by atoms with E-state index < -0.39 is 0 Å².